The minimum Gasteiger partial charge on any atom is -0.487 e. The van der Waals surface area contributed by atoms with Crippen molar-refractivity contribution >= 4 is 11.6 Å². The summed E-state index contributed by atoms with van der Waals surface area (Å²) in [6, 6.07) is 7.59. The van der Waals surface area contributed by atoms with Crippen molar-refractivity contribution in [3.8, 4) is 5.75 Å². The predicted octanol–water partition coefficient (Wildman–Crippen LogP) is 2.08. The van der Waals surface area contributed by atoms with Gasteiger partial charge in [0.1, 0.15) is 11.9 Å². The second-order valence-electron chi connectivity index (χ2n) is 3.16. The Morgan fingerprint density at radius 1 is 1.38 bits per heavy atom. The number of hydrogen-bond acceptors (Lipinski definition) is 2. The Kier molecular flexibility index (Phi) is 2.71. The molecule has 1 aromatic carbocycles. The second kappa shape index (κ2) is 3.99. The number of ether oxygens (including phenoxy) is 1. The molecule has 1 saturated heterocycles. The van der Waals surface area contributed by atoms with Crippen LogP contribution >= 0.6 is 11.6 Å². The lowest BCUT2D eigenvalue weighted by Crippen LogP contribution is -2.19. The van der Waals surface area contributed by atoms with Gasteiger partial charge in [0.15, 0.2) is 0 Å². The summed E-state index contributed by atoms with van der Waals surface area (Å²) in [6.45, 7) is 1.96. The molecule has 13 heavy (non-hydrogen) atoms. The first-order chi connectivity index (χ1) is 6.36. The smallest absolute Gasteiger partial charge is 0.138 e. The summed E-state index contributed by atoms with van der Waals surface area (Å²) in [5.41, 5.74) is 0. The highest BCUT2D eigenvalue weighted by atomic mass is 35.5. The maximum Gasteiger partial charge on any atom is 0.138 e. The van der Waals surface area contributed by atoms with Crippen LogP contribution in [-0.2, 0) is 0 Å². The SMILES string of the molecule is Clc1ccccc1O[C@H]1CCNC1. The number of rotatable bonds is 2. The Bertz CT molecular complexity index is 284. The molecule has 1 aliphatic heterocycles. The fourth-order valence-electron chi connectivity index (χ4n) is 1.45. The molecular formula is C10H12ClNO. The first-order valence-electron chi connectivity index (χ1n) is 4.48. The van der Waals surface area contributed by atoms with Gasteiger partial charge in [-0.1, -0.05) is 23.7 Å². The normalized spacial score (nSPS) is 21.8. The number of hydrogen-bond donors (Lipinski definition) is 1. The van der Waals surface area contributed by atoms with Gasteiger partial charge in [0.25, 0.3) is 0 Å². The molecular weight excluding hydrogens is 186 g/mol. The van der Waals surface area contributed by atoms with Gasteiger partial charge < -0.3 is 10.1 Å². The maximum absolute atomic E-state index is 5.96. The van der Waals surface area contributed by atoms with Crippen molar-refractivity contribution in [2.45, 2.75) is 12.5 Å². The summed E-state index contributed by atoms with van der Waals surface area (Å²) < 4.78 is 5.71. The van der Waals surface area contributed by atoms with Crippen LogP contribution in [0.5, 0.6) is 5.75 Å². The fourth-order valence-corrected chi connectivity index (χ4v) is 1.63. The third-order valence-corrected chi connectivity index (χ3v) is 2.46. The molecule has 2 rings (SSSR count). The highest BCUT2D eigenvalue weighted by Crippen LogP contribution is 2.25. The van der Waals surface area contributed by atoms with E-state index in [9.17, 15) is 0 Å². The van der Waals surface area contributed by atoms with Crippen molar-refractivity contribution in [3.63, 3.8) is 0 Å². The fraction of sp³-hybridized carbons (Fsp3) is 0.400. The Morgan fingerprint density at radius 3 is 2.92 bits per heavy atom. The van der Waals surface area contributed by atoms with E-state index in [2.05, 4.69) is 5.32 Å². The van der Waals surface area contributed by atoms with Crippen molar-refractivity contribution in [1.82, 2.24) is 5.32 Å². The molecule has 0 radical (unpaired) electrons. The summed E-state index contributed by atoms with van der Waals surface area (Å²) in [5.74, 6) is 0.790. The second-order valence-corrected chi connectivity index (χ2v) is 3.57. The van der Waals surface area contributed by atoms with Crippen molar-refractivity contribution < 1.29 is 4.74 Å². The largest absolute Gasteiger partial charge is 0.487 e. The van der Waals surface area contributed by atoms with Crippen LogP contribution < -0.4 is 10.1 Å². The van der Waals surface area contributed by atoms with Crippen molar-refractivity contribution in [3.05, 3.63) is 29.3 Å². The van der Waals surface area contributed by atoms with E-state index in [1.54, 1.807) is 0 Å². The van der Waals surface area contributed by atoms with Gasteiger partial charge in [0.2, 0.25) is 0 Å². The minimum absolute atomic E-state index is 0.278. The number of para-hydroxylation sites is 1. The minimum atomic E-state index is 0.278. The standard InChI is InChI=1S/C10H12ClNO/c11-9-3-1-2-4-10(9)13-8-5-6-12-7-8/h1-4,8,12H,5-7H2/t8-/m0/s1. The molecule has 70 valence electrons. The molecule has 0 saturated carbocycles. The molecule has 1 N–H and O–H groups in total. The quantitative estimate of drug-likeness (QED) is 0.784. The highest BCUT2D eigenvalue weighted by molar-refractivity contribution is 6.32. The van der Waals surface area contributed by atoms with Gasteiger partial charge in [-0.15, -0.1) is 0 Å². The highest BCUT2D eigenvalue weighted by Gasteiger charge is 2.16. The molecule has 3 heteroatoms. The summed E-state index contributed by atoms with van der Waals surface area (Å²) in [6.07, 6.45) is 1.34. The molecule has 0 spiro atoms. The van der Waals surface area contributed by atoms with E-state index < -0.39 is 0 Å². The van der Waals surface area contributed by atoms with Crippen molar-refractivity contribution in [2.75, 3.05) is 13.1 Å². The van der Waals surface area contributed by atoms with E-state index in [4.69, 9.17) is 16.3 Å². The summed E-state index contributed by atoms with van der Waals surface area (Å²) in [7, 11) is 0. The molecule has 0 aromatic heterocycles. The lowest BCUT2D eigenvalue weighted by Gasteiger charge is -2.13. The van der Waals surface area contributed by atoms with Crippen molar-refractivity contribution in [1.29, 1.82) is 0 Å². The number of nitrogens with one attached hydrogen (secondary N) is 1. The molecule has 0 amide bonds. The first-order valence-corrected chi connectivity index (χ1v) is 4.86. The number of halogens is 1. The molecule has 0 aliphatic carbocycles. The molecule has 1 atom stereocenters. The van der Waals surface area contributed by atoms with Crippen LogP contribution in [0.1, 0.15) is 6.42 Å². The van der Waals surface area contributed by atoms with Gasteiger partial charge in [-0.3, -0.25) is 0 Å². The van der Waals surface area contributed by atoms with Gasteiger partial charge in [-0.25, -0.2) is 0 Å². The Hall–Kier alpha value is -0.730. The summed E-state index contributed by atoms with van der Waals surface area (Å²) in [4.78, 5) is 0. The third kappa shape index (κ3) is 2.14. The van der Waals surface area contributed by atoms with Crippen molar-refractivity contribution in [2.24, 2.45) is 0 Å². The molecule has 0 unspecified atom stereocenters. The van der Waals surface area contributed by atoms with Gasteiger partial charge in [-0.2, -0.15) is 0 Å². The zero-order valence-electron chi connectivity index (χ0n) is 7.29. The average molecular weight is 198 g/mol. The van der Waals surface area contributed by atoms with E-state index in [0.29, 0.717) is 5.02 Å². The zero-order chi connectivity index (χ0) is 9.10. The Labute approximate surface area is 82.9 Å². The van der Waals surface area contributed by atoms with Crippen LogP contribution in [-0.4, -0.2) is 19.2 Å². The maximum atomic E-state index is 5.96. The van der Waals surface area contributed by atoms with Gasteiger partial charge >= 0.3 is 0 Å². The van der Waals surface area contributed by atoms with E-state index >= 15 is 0 Å². The van der Waals surface area contributed by atoms with Crippen LogP contribution in [0, 0.1) is 0 Å². The Morgan fingerprint density at radius 2 is 2.23 bits per heavy atom. The van der Waals surface area contributed by atoms with E-state index in [1.807, 2.05) is 24.3 Å². The zero-order valence-corrected chi connectivity index (χ0v) is 8.05. The van der Waals surface area contributed by atoms with Gasteiger partial charge in [0.05, 0.1) is 5.02 Å². The van der Waals surface area contributed by atoms with Crippen LogP contribution in [0.15, 0.2) is 24.3 Å². The molecule has 0 bridgehead atoms. The van der Waals surface area contributed by atoms with Crippen LogP contribution in [0.4, 0.5) is 0 Å². The number of benzene rings is 1. The topological polar surface area (TPSA) is 21.3 Å². The summed E-state index contributed by atoms with van der Waals surface area (Å²) >= 11 is 5.96. The summed E-state index contributed by atoms with van der Waals surface area (Å²) in [5, 5.41) is 3.93. The lowest BCUT2D eigenvalue weighted by molar-refractivity contribution is 0.223. The lowest BCUT2D eigenvalue weighted by atomic mass is 10.3. The molecule has 2 nitrogen and oxygen atoms in total. The monoisotopic (exact) mass is 197 g/mol. The molecule has 1 fully saturated rings. The molecule has 1 aliphatic rings. The van der Waals surface area contributed by atoms with E-state index in [-0.39, 0.29) is 6.10 Å². The third-order valence-electron chi connectivity index (χ3n) is 2.15. The van der Waals surface area contributed by atoms with E-state index in [1.165, 1.54) is 0 Å². The average Bonchev–Trinajstić information content (AvgIpc) is 2.61. The van der Waals surface area contributed by atoms with Gasteiger partial charge in [0, 0.05) is 6.54 Å². The Balaban J connectivity index is 2.04. The van der Waals surface area contributed by atoms with Crippen LogP contribution in [0.3, 0.4) is 0 Å². The van der Waals surface area contributed by atoms with E-state index in [0.717, 1.165) is 25.3 Å². The molecule has 1 heterocycles. The van der Waals surface area contributed by atoms with Gasteiger partial charge in [-0.05, 0) is 25.1 Å². The molecule has 1 aromatic rings. The first kappa shape index (κ1) is 8.85. The van der Waals surface area contributed by atoms with Crippen LogP contribution in [0.25, 0.3) is 0 Å². The van der Waals surface area contributed by atoms with Crippen LogP contribution in [0.2, 0.25) is 5.02 Å². The predicted molar refractivity (Wildman–Crippen MR) is 53.4 cm³/mol.